The molecule has 0 saturated carbocycles. The Morgan fingerprint density at radius 3 is 2.85 bits per heavy atom. The SMILES string of the molecule is Cc1nn(-c2ccc(Cl)cc2)c2sc(C(=O)NC3CCCNC3)cc12.Cl. The van der Waals surface area contributed by atoms with Crippen LogP contribution < -0.4 is 10.6 Å². The van der Waals surface area contributed by atoms with Crippen molar-refractivity contribution in [2.75, 3.05) is 13.1 Å². The molecule has 1 fully saturated rings. The number of aryl methyl sites for hydroxylation is 1. The Bertz CT molecular complexity index is 913. The van der Waals surface area contributed by atoms with Gasteiger partial charge in [-0.25, -0.2) is 4.68 Å². The number of amides is 1. The third-order valence-electron chi connectivity index (χ3n) is 4.47. The molecule has 5 nitrogen and oxygen atoms in total. The van der Waals surface area contributed by atoms with Crippen LogP contribution in [-0.4, -0.2) is 34.8 Å². The summed E-state index contributed by atoms with van der Waals surface area (Å²) in [4.78, 5) is 14.3. The molecule has 0 spiro atoms. The van der Waals surface area contributed by atoms with Crippen LogP contribution in [0.15, 0.2) is 30.3 Å². The van der Waals surface area contributed by atoms with Crippen molar-refractivity contribution in [3.63, 3.8) is 0 Å². The first-order valence-electron chi connectivity index (χ1n) is 8.38. The van der Waals surface area contributed by atoms with Gasteiger partial charge in [-0.2, -0.15) is 5.10 Å². The molecule has 0 aliphatic carbocycles. The zero-order valence-corrected chi connectivity index (χ0v) is 16.7. The molecule has 0 bridgehead atoms. The number of nitrogens with zero attached hydrogens (tertiary/aromatic N) is 2. The lowest BCUT2D eigenvalue weighted by atomic mass is 10.1. The van der Waals surface area contributed by atoms with E-state index >= 15 is 0 Å². The normalized spacial score (nSPS) is 17.1. The second-order valence-electron chi connectivity index (χ2n) is 6.32. The maximum atomic E-state index is 12.6. The Hall–Kier alpha value is -1.60. The van der Waals surface area contributed by atoms with E-state index in [-0.39, 0.29) is 24.4 Å². The van der Waals surface area contributed by atoms with Crippen molar-refractivity contribution in [1.82, 2.24) is 20.4 Å². The number of thiophene rings is 1. The molecule has 3 heterocycles. The van der Waals surface area contributed by atoms with E-state index in [0.717, 1.165) is 52.4 Å². The van der Waals surface area contributed by atoms with E-state index < -0.39 is 0 Å². The molecule has 138 valence electrons. The number of carbonyl (C=O) groups excluding carboxylic acids is 1. The summed E-state index contributed by atoms with van der Waals surface area (Å²) in [5.74, 6) is -0.00282. The van der Waals surface area contributed by atoms with Gasteiger partial charge in [-0.3, -0.25) is 4.79 Å². The average Bonchev–Trinajstić information content (AvgIpc) is 3.18. The molecule has 0 radical (unpaired) electrons. The van der Waals surface area contributed by atoms with Crippen LogP contribution in [0.4, 0.5) is 0 Å². The van der Waals surface area contributed by atoms with Crippen LogP contribution in [0.5, 0.6) is 0 Å². The van der Waals surface area contributed by atoms with Gasteiger partial charge in [-0.15, -0.1) is 23.7 Å². The number of hydrogen-bond donors (Lipinski definition) is 2. The van der Waals surface area contributed by atoms with Crippen LogP contribution in [0.2, 0.25) is 5.02 Å². The summed E-state index contributed by atoms with van der Waals surface area (Å²) in [6.45, 7) is 3.84. The van der Waals surface area contributed by atoms with Crippen LogP contribution in [0, 0.1) is 6.92 Å². The predicted molar refractivity (Wildman–Crippen MR) is 109 cm³/mol. The van der Waals surface area contributed by atoms with Crippen molar-refractivity contribution in [2.45, 2.75) is 25.8 Å². The third kappa shape index (κ3) is 3.74. The first-order chi connectivity index (χ1) is 12.1. The molecule has 26 heavy (non-hydrogen) atoms. The number of nitrogens with one attached hydrogen (secondary N) is 2. The van der Waals surface area contributed by atoms with Crippen LogP contribution in [-0.2, 0) is 0 Å². The largest absolute Gasteiger partial charge is 0.347 e. The number of fused-ring (bicyclic) bond motifs is 1. The van der Waals surface area contributed by atoms with Crippen LogP contribution >= 0.6 is 35.3 Å². The monoisotopic (exact) mass is 410 g/mol. The van der Waals surface area contributed by atoms with Gasteiger partial charge in [-0.05, 0) is 56.6 Å². The Labute approximate surface area is 167 Å². The number of carbonyl (C=O) groups is 1. The fourth-order valence-electron chi connectivity index (χ4n) is 3.15. The van der Waals surface area contributed by atoms with Gasteiger partial charge >= 0.3 is 0 Å². The topological polar surface area (TPSA) is 59.0 Å². The van der Waals surface area contributed by atoms with E-state index in [9.17, 15) is 4.79 Å². The van der Waals surface area contributed by atoms with Crippen LogP contribution in [0.25, 0.3) is 15.9 Å². The van der Waals surface area contributed by atoms with Gasteiger partial charge in [0.15, 0.2) is 0 Å². The Morgan fingerprint density at radius 1 is 1.38 bits per heavy atom. The zero-order chi connectivity index (χ0) is 17.4. The molecular weight excluding hydrogens is 391 g/mol. The average molecular weight is 411 g/mol. The fourth-order valence-corrected chi connectivity index (χ4v) is 4.36. The van der Waals surface area contributed by atoms with Gasteiger partial charge < -0.3 is 10.6 Å². The molecule has 1 aromatic carbocycles. The van der Waals surface area contributed by atoms with Gasteiger partial charge in [0.05, 0.1) is 16.3 Å². The lowest BCUT2D eigenvalue weighted by Crippen LogP contribution is -2.45. The number of benzene rings is 1. The predicted octanol–water partition coefficient (Wildman–Crippen LogP) is 3.95. The van der Waals surface area contributed by atoms with Gasteiger partial charge in [0, 0.05) is 23.0 Å². The molecule has 8 heteroatoms. The van der Waals surface area contributed by atoms with Gasteiger partial charge in [0.25, 0.3) is 5.91 Å². The second kappa shape index (κ2) is 7.96. The van der Waals surface area contributed by atoms with Crippen molar-refractivity contribution in [3.8, 4) is 5.69 Å². The number of rotatable bonds is 3. The van der Waals surface area contributed by atoms with Crippen molar-refractivity contribution in [1.29, 1.82) is 0 Å². The highest BCUT2D eigenvalue weighted by molar-refractivity contribution is 7.20. The van der Waals surface area contributed by atoms with Crippen molar-refractivity contribution >= 4 is 51.5 Å². The smallest absolute Gasteiger partial charge is 0.261 e. The molecule has 1 unspecified atom stereocenters. The Balaban J connectivity index is 0.00000196. The maximum Gasteiger partial charge on any atom is 0.261 e. The second-order valence-corrected chi connectivity index (χ2v) is 7.79. The molecule has 2 N–H and O–H groups in total. The van der Waals surface area contributed by atoms with Gasteiger partial charge in [0.1, 0.15) is 4.83 Å². The van der Waals surface area contributed by atoms with Crippen molar-refractivity contribution < 1.29 is 4.79 Å². The van der Waals surface area contributed by atoms with Crippen LogP contribution in [0.3, 0.4) is 0 Å². The quantitative estimate of drug-likeness (QED) is 0.686. The van der Waals surface area contributed by atoms with Crippen LogP contribution in [0.1, 0.15) is 28.2 Å². The first-order valence-corrected chi connectivity index (χ1v) is 9.58. The highest BCUT2D eigenvalue weighted by atomic mass is 35.5. The first kappa shape index (κ1) is 19.2. The summed E-state index contributed by atoms with van der Waals surface area (Å²) in [5, 5.41) is 12.8. The van der Waals surface area contributed by atoms with E-state index in [2.05, 4.69) is 15.7 Å². The van der Waals surface area contributed by atoms with E-state index in [1.54, 1.807) is 0 Å². The molecule has 3 aromatic rings. The van der Waals surface area contributed by atoms with Gasteiger partial charge in [-0.1, -0.05) is 11.6 Å². The zero-order valence-electron chi connectivity index (χ0n) is 14.3. The summed E-state index contributed by atoms with van der Waals surface area (Å²) < 4.78 is 1.88. The van der Waals surface area contributed by atoms with E-state index in [1.807, 2.05) is 41.9 Å². The highest BCUT2D eigenvalue weighted by Gasteiger charge is 2.20. The van der Waals surface area contributed by atoms with Crippen molar-refractivity contribution in [2.24, 2.45) is 0 Å². The fraction of sp³-hybridized carbons (Fsp3) is 0.333. The Morgan fingerprint density at radius 2 is 2.15 bits per heavy atom. The molecule has 1 atom stereocenters. The number of aromatic nitrogens is 2. The van der Waals surface area contributed by atoms with E-state index in [0.29, 0.717) is 5.02 Å². The number of hydrogen-bond acceptors (Lipinski definition) is 4. The highest BCUT2D eigenvalue weighted by Crippen LogP contribution is 2.30. The molecular formula is C18H20Cl2N4OS. The van der Waals surface area contributed by atoms with Gasteiger partial charge in [0.2, 0.25) is 0 Å². The van der Waals surface area contributed by atoms with E-state index in [4.69, 9.17) is 11.6 Å². The maximum absolute atomic E-state index is 12.6. The molecule has 1 amide bonds. The summed E-state index contributed by atoms with van der Waals surface area (Å²) in [7, 11) is 0. The molecule has 1 saturated heterocycles. The van der Waals surface area contributed by atoms with E-state index in [1.165, 1.54) is 11.3 Å². The Kier molecular flexibility index (Phi) is 5.87. The minimum Gasteiger partial charge on any atom is -0.347 e. The minimum atomic E-state index is -0.00282. The summed E-state index contributed by atoms with van der Waals surface area (Å²) >= 11 is 7.45. The summed E-state index contributed by atoms with van der Waals surface area (Å²) in [6.07, 6.45) is 2.13. The van der Waals surface area contributed by atoms with Crippen molar-refractivity contribution in [3.05, 3.63) is 45.9 Å². The molecule has 4 rings (SSSR count). The number of piperidine rings is 1. The lowest BCUT2D eigenvalue weighted by molar-refractivity contribution is 0.0935. The molecule has 1 aliphatic heterocycles. The summed E-state index contributed by atoms with van der Waals surface area (Å²) in [6, 6.07) is 9.71. The standard InChI is InChI=1S/C18H19ClN4OS.ClH/c1-11-15-9-16(17(24)21-13-3-2-8-20-10-13)25-18(15)23(22-11)14-6-4-12(19)5-7-14;/h4-7,9,13,20H,2-3,8,10H2,1H3,(H,21,24);1H. The lowest BCUT2D eigenvalue weighted by Gasteiger charge is -2.23. The summed E-state index contributed by atoms with van der Waals surface area (Å²) in [5.41, 5.74) is 1.85. The molecule has 1 aliphatic rings. The third-order valence-corrected chi connectivity index (χ3v) is 5.83. The minimum absolute atomic E-state index is 0. The molecule has 2 aromatic heterocycles. The number of halogens is 2.